The molecule has 0 spiro atoms. The fourth-order valence-corrected chi connectivity index (χ4v) is 2.78. The standard InChI is InChI=1S/C17H19NO4S/c1-21-14-7-5-13(6-8-14)12-18(10-9-16(19)22-2)17(20)15-4-3-11-23-15/h3-8,11H,9-10,12H2,1-2H3. The van der Waals surface area contributed by atoms with E-state index in [1.54, 1.807) is 18.1 Å². The summed E-state index contributed by atoms with van der Waals surface area (Å²) in [5, 5.41) is 1.86. The molecule has 0 aliphatic carbocycles. The topological polar surface area (TPSA) is 55.8 Å². The van der Waals surface area contributed by atoms with Crippen molar-refractivity contribution in [3.8, 4) is 5.75 Å². The molecule has 0 atom stereocenters. The third kappa shape index (κ3) is 4.82. The average Bonchev–Trinajstić information content (AvgIpc) is 3.12. The molecule has 2 aromatic rings. The second-order valence-corrected chi connectivity index (χ2v) is 5.83. The molecule has 0 saturated carbocycles. The number of hydrogen-bond donors (Lipinski definition) is 0. The Morgan fingerprint density at radius 1 is 1.13 bits per heavy atom. The zero-order valence-electron chi connectivity index (χ0n) is 13.2. The van der Waals surface area contributed by atoms with E-state index in [0.29, 0.717) is 18.0 Å². The van der Waals surface area contributed by atoms with E-state index in [0.717, 1.165) is 11.3 Å². The number of hydrogen-bond acceptors (Lipinski definition) is 5. The number of methoxy groups -OCH3 is 2. The van der Waals surface area contributed by atoms with Crippen LogP contribution in [0, 0.1) is 0 Å². The van der Waals surface area contributed by atoms with E-state index in [2.05, 4.69) is 4.74 Å². The second-order valence-electron chi connectivity index (χ2n) is 4.88. The Morgan fingerprint density at radius 3 is 2.43 bits per heavy atom. The average molecular weight is 333 g/mol. The third-order valence-corrected chi connectivity index (χ3v) is 4.22. The molecular formula is C17H19NO4S. The Bertz CT molecular complexity index is 637. The summed E-state index contributed by atoms with van der Waals surface area (Å²) in [5.74, 6) is 0.350. The van der Waals surface area contributed by atoms with Crippen LogP contribution in [0.4, 0.5) is 0 Å². The van der Waals surface area contributed by atoms with Gasteiger partial charge in [0.2, 0.25) is 0 Å². The van der Waals surface area contributed by atoms with Crippen molar-refractivity contribution in [3.63, 3.8) is 0 Å². The van der Waals surface area contributed by atoms with Crippen molar-refractivity contribution in [2.24, 2.45) is 0 Å². The van der Waals surface area contributed by atoms with E-state index in [4.69, 9.17) is 4.74 Å². The summed E-state index contributed by atoms with van der Waals surface area (Å²) in [5.41, 5.74) is 0.973. The fraction of sp³-hybridized carbons (Fsp3) is 0.294. The number of carbonyl (C=O) groups excluding carboxylic acids is 2. The van der Waals surface area contributed by atoms with Crippen LogP contribution in [0.25, 0.3) is 0 Å². The molecule has 0 unspecified atom stereocenters. The molecule has 2 rings (SSSR count). The van der Waals surface area contributed by atoms with Gasteiger partial charge in [-0.25, -0.2) is 0 Å². The number of nitrogens with zero attached hydrogens (tertiary/aromatic N) is 1. The minimum Gasteiger partial charge on any atom is -0.497 e. The summed E-state index contributed by atoms with van der Waals surface area (Å²) >= 11 is 1.39. The van der Waals surface area contributed by atoms with Crippen molar-refractivity contribution in [2.75, 3.05) is 20.8 Å². The van der Waals surface area contributed by atoms with E-state index < -0.39 is 0 Å². The maximum Gasteiger partial charge on any atom is 0.307 e. The van der Waals surface area contributed by atoms with Gasteiger partial charge in [-0.3, -0.25) is 9.59 Å². The Kier molecular flexibility index (Phi) is 6.17. The highest BCUT2D eigenvalue weighted by atomic mass is 32.1. The van der Waals surface area contributed by atoms with Crippen molar-refractivity contribution in [2.45, 2.75) is 13.0 Å². The second kappa shape index (κ2) is 8.33. The van der Waals surface area contributed by atoms with Crippen molar-refractivity contribution in [1.29, 1.82) is 0 Å². The summed E-state index contributed by atoms with van der Waals surface area (Å²) < 4.78 is 9.79. The SMILES string of the molecule is COC(=O)CCN(Cc1ccc(OC)cc1)C(=O)c1cccs1. The minimum absolute atomic E-state index is 0.0836. The lowest BCUT2D eigenvalue weighted by atomic mass is 10.2. The zero-order chi connectivity index (χ0) is 16.7. The van der Waals surface area contributed by atoms with E-state index >= 15 is 0 Å². The molecule has 0 aliphatic heterocycles. The summed E-state index contributed by atoms with van der Waals surface area (Å²) in [6, 6.07) is 11.1. The molecule has 5 nitrogen and oxygen atoms in total. The van der Waals surface area contributed by atoms with Gasteiger partial charge in [0, 0.05) is 13.1 Å². The van der Waals surface area contributed by atoms with Gasteiger partial charge in [-0.1, -0.05) is 18.2 Å². The number of rotatable bonds is 7. The number of amides is 1. The number of carbonyl (C=O) groups is 2. The van der Waals surface area contributed by atoms with Crippen LogP contribution in [-0.2, 0) is 16.1 Å². The highest BCUT2D eigenvalue weighted by molar-refractivity contribution is 7.12. The van der Waals surface area contributed by atoms with Crippen LogP contribution >= 0.6 is 11.3 Å². The van der Waals surface area contributed by atoms with Gasteiger partial charge >= 0.3 is 5.97 Å². The third-order valence-electron chi connectivity index (χ3n) is 3.37. The van der Waals surface area contributed by atoms with Crippen LogP contribution in [0.1, 0.15) is 21.7 Å². The van der Waals surface area contributed by atoms with Crippen LogP contribution in [0.5, 0.6) is 5.75 Å². The molecule has 0 saturated heterocycles. The number of esters is 1. The van der Waals surface area contributed by atoms with Crippen LogP contribution < -0.4 is 4.74 Å². The van der Waals surface area contributed by atoms with Crippen LogP contribution in [-0.4, -0.2) is 37.5 Å². The first-order chi connectivity index (χ1) is 11.1. The first-order valence-electron chi connectivity index (χ1n) is 7.16. The van der Waals surface area contributed by atoms with E-state index in [9.17, 15) is 9.59 Å². The molecule has 122 valence electrons. The normalized spacial score (nSPS) is 10.2. The Morgan fingerprint density at radius 2 is 1.87 bits per heavy atom. The van der Waals surface area contributed by atoms with Crippen LogP contribution in [0.3, 0.4) is 0 Å². The van der Waals surface area contributed by atoms with E-state index in [1.807, 2.05) is 35.7 Å². The summed E-state index contributed by atoms with van der Waals surface area (Å²) in [6.07, 6.45) is 0.170. The monoisotopic (exact) mass is 333 g/mol. The van der Waals surface area contributed by atoms with Gasteiger partial charge in [0.15, 0.2) is 0 Å². The summed E-state index contributed by atoms with van der Waals surface area (Å²) in [7, 11) is 2.95. The van der Waals surface area contributed by atoms with Crippen molar-refractivity contribution in [3.05, 3.63) is 52.2 Å². The molecule has 0 radical (unpaired) electrons. The molecule has 0 aliphatic rings. The van der Waals surface area contributed by atoms with Crippen LogP contribution in [0.2, 0.25) is 0 Å². The molecule has 0 bridgehead atoms. The van der Waals surface area contributed by atoms with Gasteiger partial charge in [-0.05, 0) is 29.1 Å². The highest BCUT2D eigenvalue weighted by Gasteiger charge is 2.18. The number of benzene rings is 1. The largest absolute Gasteiger partial charge is 0.497 e. The van der Waals surface area contributed by atoms with Crippen molar-refractivity contribution in [1.82, 2.24) is 4.90 Å². The lowest BCUT2D eigenvalue weighted by molar-refractivity contribution is -0.140. The number of ether oxygens (including phenoxy) is 2. The first kappa shape index (κ1) is 17.0. The van der Waals surface area contributed by atoms with E-state index in [1.165, 1.54) is 18.4 Å². The molecule has 23 heavy (non-hydrogen) atoms. The lowest BCUT2D eigenvalue weighted by Crippen LogP contribution is -2.32. The maximum absolute atomic E-state index is 12.6. The number of thiophene rings is 1. The van der Waals surface area contributed by atoms with Crippen molar-refractivity contribution < 1.29 is 19.1 Å². The molecular weight excluding hydrogens is 314 g/mol. The summed E-state index contributed by atoms with van der Waals surface area (Å²) in [4.78, 5) is 26.3. The molecule has 0 N–H and O–H groups in total. The Balaban J connectivity index is 2.11. The highest BCUT2D eigenvalue weighted by Crippen LogP contribution is 2.17. The van der Waals surface area contributed by atoms with Crippen molar-refractivity contribution >= 4 is 23.2 Å². The molecule has 1 aromatic carbocycles. The summed E-state index contributed by atoms with van der Waals surface area (Å²) in [6.45, 7) is 0.743. The molecule has 1 aromatic heterocycles. The van der Waals surface area contributed by atoms with Gasteiger partial charge in [-0.15, -0.1) is 11.3 Å². The lowest BCUT2D eigenvalue weighted by Gasteiger charge is -2.22. The predicted molar refractivity (Wildman–Crippen MR) is 88.7 cm³/mol. The van der Waals surface area contributed by atoms with Crippen LogP contribution in [0.15, 0.2) is 41.8 Å². The molecule has 0 fully saturated rings. The van der Waals surface area contributed by atoms with Gasteiger partial charge in [0.25, 0.3) is 5.91 Å². The first-order valence-corrected chi connectivity index (χ1v) is 8.04. The van der Waals surface area contributed by atoms with E-state index in [-0.39, 0.29) is 18.3 Å². The smallest absolute Gasteiger partial charge is 0.307 e. The zero-order valence-corrected chi connectivity index (χ0v) is 14.0. The van der Waals surface area contributed by atoms with Gasteiger partial charge in [-0.2, -0.15) is 0 Å². The Labute approximate surface area is 139 Å². The van der Waals surface area contributed by atoms with Gasteiger partial charge < -0.3 is 14.4 Å². The quantitative estimate of drug-likeness (QED) is 0.731. The predicted octanol–water partition coefficient (Wildman–Crippen LogP) is 2.96. The maximum atomic E-state index is 12.6. The molecule has 1 amide bonds. The van der Waals surface area contributed by atoms with Gasteiger partial charge in [0.05, 0.1) is 25.5 Å². The Hall–Kier alpha value is -2.34. The molecule has 1 heterocycles. The fourth-order valence-electron chi connectivity index (χ4n) is 2.09. The minimum atomic E-state index is -0.330. The van der Waals surface area contributed by atoms with Gasteiger partial charge in [0.1, 0.15) is 5.75 Å². The molecule has 6 heteroatoms.